The number of carbonyl (C=O) groups excluding carboxylic acids is 1. The maximum Gasteiger partial charge on any atom is 0.255 e. The molecule has 1 aliphatic rings. The van der Waals surface area contributed by atoms with E-state index in [9.17, 15) is 4.79 Å². The van der Waals surface area contributed by atoms with E-state index in [2.05, 4.69) is 10.1 Å². The summed E-state index contributed by atoms with van der Waals surface area (Å²) in [7, 11) is 1.52. The van der Waals surface area contributed by atoms with Gasteiger partial charge in [0.15, 0.2) is 23.9 Å². The van der Waals surface area contributed by atoms with Gasteiger partial charge >= 0.3 is 0 Å². The molecule has 8 nitrogen and oxygen atoms in total. The largest absolute Gasteiger partial charge is 0.493 e. The molecule has 1 aromatic carbocycles. The van der Waals surface area contributed by atoms with Gasteiger partial charge in [0.25, 0.3) is 11.8 Å². The molecule has 1 saturated carbocycles. The summed E-state index contributed by atoms with van der Waals surface area (Å²) in [5, 5.41) is 4.02. The number of benzene rings is 1. The van der Waals surface area contributed by atoms with Crippen molar-refractivity contribution >= 4 is 30.5 Å². The van der Waals surface area contributed by atoms with Gasteiger partial charge in [0.1, 0.15) is 0 Å². The SMILES string of the molecule is COc1cc(/C=C/c2nc(C3(N)CCCC3)no2)ccc1OCC(N)=O.Cl. The first-order chi connectivity index (χ1) is 12.5. The molecular formula is C18H23ClN4O4. The summed E-state index contributed by atoms with van der Waals surface area (Å²) >= 11 is 0. The minimum absolute atomic E-state index is 0. The van der Waals surface area contributed by atoms with E-state index in [-0.39, 0.29) is 19.0 Å². The van der Waals surface area contributed by atoms with Crippen LogP contribution in [-0.4, -0.2) is 29.8 Å². The van der Waals surface area contributed by atoms with Gasteiger partial charge in [0.2, 0.25) is 0 Å². The number of nitrogens with zero attached hydrogens (tertiary/aromatic N) is 2. The van der Waals surface area contributed by atoms with E-state index in [1.165, 1.54) is 7.11 Å². The standard InChI is InChI=1S/C18H22N4O4.ClH/c1-24-14-10-12(4-6-13(14)25-11-15(19)23)5-7-16-21-17(22-26-16)18(20)8-2-3-9-18;/h4-7,10H,2-3,8-9,11,20H2,1H3,(H2,19,23);1H/b7-5+;. The Kier molecular flexibility index (Phi) is 6.81. The maximum atomic E-state index is 10.8. The fourth-order valence-corrected chi connectivity index (χ4v) is 2.96. The van der Waals surface area contributed by atoms with Crippen LogP contribution < -0.4 is 20.9 Å². The van der Waals surface area contributed by atoms with E-state index in [1.807, 2.05) is 12.1 Å². The molecular weight excluding hydrogens is 372 g/mol. The number of nitrogens with two attached hydrogens (primary N) is 2. The highest BCUT2D eigenvalue weighted by molar-refractivity contribution is 5.85. The summed E-state index contributed by atoms with van der Waals surface area (Å²) in [4.78, 5) is 15.2. The van der Waals surface area contributed by atoms with Crippen LogP contribution in [0.3, 0.4) is 0 Å². The number of methoxy groups -OCH3 is 1. The number of carbonyl (C=O) groups is 1. The monoisotopic (exact) mass is 394 g/mol. The van der Waals surface area contributed by atoms with Crippen LogP contribution in [0.4, 0.5) is 0 Å². The Morgan fingerprint density at radius 2 is 2.04 bits per heavy atom. The van der Waals surface area contributed by atoms with Gasteiger partial charge in [-0.15, -0.1) is 12.4 Å². The molecule has 1 aliphatic carbocycles. The van der Waals surface area contributed by atoms with E-state index < -0.39 is 11.4 Å². The molecule has 1 amide bonds. The number of amides is 1. The van der Waals surface area contributed by atoms with Crippen LogP contribution in [0, 0.1) is 0 Å². The lowest BCUT2D eigenvalue weighted by Gasteiger charge is -2.17. The highest BCUT2D eigenvalue weighted by atomic mass is 35.5. The van der Waals surface area contributed by atoms with Gasteiger partial charge in [-0.1, -0.05) is 24.1 Å². The van der Waals surface area contributed by atoms with Crippen molar-refractivity contribution in [3.05, 3.63) is 35.5 Å². The summed E-state index contributed by atoms with van der Waals surface area (Å²) in [6, 6.07) is 5.29. The molecule has 1 heterocycles. The summed E-state index contributed by atoms with van der Waals surface area (Å²) in [5.74, 6) is 1.33. The van der Waals surface area contributed by atoms with Gasteiger partial charge in [0, 0.05) is 6.08 Å². The van der Waals surface area contributed by atoms with Crippen molar-refractivity contribution in [3.63, 3.8) is 0 Å². The second-order valence-electron chi connectivity index (χ2n) is 6.32. The predicted molar refractivity (Wildman–Crippen MR) is 102 cm³/mol. The van der Waals surface area contributed by atoms with Crippen LogP contribution in [-0.2, 0) is 10.3 Å². The fourth-order valence-electron chi connectivity index (χ4n) is 2.96. The molecule has 0 atom stereocenters. The number of halogens is 1. The Bertz CT molecular complexity index is 815. The van der Waals surface area contributed by atoms with Crippen molar-refractivity contribution in [2.45, 2.75) is 31.2 Å². The Labute approximate surface area is 163 Å². The van der Waals surface area contributed by atoms with Crippen molar-refractivity contribution in [1.82, 2.24) is 10.1 Å². The maximum absolute atomic E-state index is 10.8. The van der Waals surface area contributed by atoms with E-state index >= 15 is 0 Å². The zero-order valence-corrected chi connectivity index (χ0v) is 15.8. The first-order valence-corrected chi connectivity index (χ1v) is 8.40. The lowest BCUT2D eigenvalue weighted by molar-refractivity contribution is -0.119. The lowest BCUT2D eigenvalue weighted by Crippen LogP contribution is -2.34. The molecule has 146 valence electrons. The van der Waals surface area contributed by atoms with Crippen molar-refractivity contribution in [2.24, 2.45) is 11.5 Å². The van der Waals surface area contributed by atoms with Crippen LogP contribution in [0.25, 0.3) is 12.2 Å². The average molecular weight is 395 g/mol. The number of hydrogen-bond donors (Lipinski definition) is 2. The van der Waals surface area contributed by atoms with E-state index in [0.29, 0.717) is 23.2 Å². The Morgan fingerprint density at radius 3 is 2.70 bits per heavy atom. The van der Waals surface area contributed by atoms with E-state index in [4.69, 9.17) is 25.5 Å². The van der Waals surface area contributed by atoms with E-state index in [1.54, 1.807) is 18.2 Å². The van der Waals surface area contributed by atoms with Crippen molar-refractivity contribution in [2.75, 3.05) is 13.7 Å². The molecule has 3 rings (SSSR count). The van der Waals surface area contributed by atoms with Crippen molar-refractivity contribution in [3.8, 4) is 11.5 Å². The molecule has 0 bridgehead atoms. The molecule has 2 aromatic rings. The minimum atomic E-state index is -0.553. The van der Waals surface area contributed by atoms with Crippen LogP contribution in [0.1, 0.15) is 43.0 Å². The smallest absolute Gasteiger partial charge is 0.255 e. The molecule has 1 aromatic heterocycles. The average Bonchev–Trinajstić information content (AvgIpc) is 3.28. The van der Waals surface area contributed by atoms with Gasteiger partial charge in [-0.2, -0.15) is 4.98 Å². The quantitative estimate of drug-likeness (QED) is 0.737. The zero-order chi connectivity index (χ0) is 18.6. The topological polar surface area (TPSA) is 126 Å². The number of primary amides is 1. The minimum Gasteiger partial charge on any atom is -0.493 e. The molecule has 0 saturated heterocycles. The second-order valence-corrected chi connectivity index (χ2v) is 6.32. The zero-order valence-electron chi connectivity index (χ0n) is 15.0. The van der Waals surface area contributed by atoms with Crippen molar-refractivity contribution < 1.29 is 18.8 Å². The Balaban J connectivity index is 0.00000261. The summed E-state index contributed by atoms with van der Waals surface area (Å²) in [6.07, 6.45) is 7.45. The summed E-state index contributed by atoms with van der Waals surface area (Å²) < 4.78 is 15.9. The van der Waals surface area contributed by atoms with Crippen LogP contribution in [0.15, 0.2) is 22.7 Å². The van der Waals surface area contributed by atoms with Gasteiger partial charge in [0.05, 0.1) is 12.6 Å². The Morgan fingerprint density at radius 1 is 1.30 bits per heavy atom. The molecule has 0 aliphatic heterocycles. The number of rotatable bonds is 7. The van der Waals surface area contributed by atoms with Crippen LogP contribution in [0.5, 0.6) is 11.5 Å². The summed E-state index contributed by atoms with van der Waals surface area (Å²) in [5.41, 5.74) is 11.8. The lowest BCUT2D eigenvalue weighted by atomic mass is 9.99. The second kappa shape index (κ2) is 8.88. The molecule has 0 radical (unpaired) electrons. The first kappa shape index (κ1) is 20.7. The highest BCUT2D eigenvalue weighted by Gasteiger charge is 2.35. The molecule has 4 N–H and O–H groups in total. The highest BCUT2D eigenvalue weighted by Crippen LogP contribution is 2.34. The normalized spacial score (nSPS) is 15.5. The Hall–Kier alpha value is -2.58. The number of aromatic nitrogens is 2. The van der Waals surface area contributed by atoms with Crippen molar-refractivity contribution in [1.29, 1.82) is 0 Å². The van der Waals surface area contributed by atoms with Crippen LogP contribution >= 0.6 is 12.4 Å². The van der Waals surface area contributed by atoms with Gasteiger partial charge in [-0.3, -0.25) is 4.79 Å². The predicted octanol–water partition coefficient (Wildman–Crippen LogP) is 2.26. The van der Waals surface area contributed by atoms with E-state index in [0.717, 1.165) is 31.2 Å². The van der Waals surface area contributed by atoms with Gasteiger partial charge < -0.3 is 25.5 Å². The third-order valence-electron chi connectivity index (χ3n) is 4.36. The molecule has 9 heteroatoms. The third-order valence-corrected chi connectivity index (χ3v) is 4.36. The van der Waals surface area contributed by atoms with Gasteiger partial charge in [-0.25, -0.2) is 0 Å². The third kappa shape index (κ3) is 4.99. The molecule has 0 spiro atoms. The fraction of sp³-hybridized carbons (Fsp3) is 0.389. The summed E-state index contributed by atoms with van der Waals surface area (Å²) in [6.45, 7) is -0.211. The first-order valence-electron chi connectivity index (χ1n) is 8.40. The van der Waals surface area contributed by atoms with Crippen LogP contribution in [0.2, 0.25) is 0 Å². The molecule has 27 heavy (non-hydrogen) atoms. The molecule has 1 fully saturated rings. The molecule has 0 unspecified atom stereocenters. The number of hydrogen-bond acceptors (Lipinski definition) is 7. The number of ether oxygens (including phenoxy) is 2. The van der Waals surface area contributed by atoms with Gasteiger partial charge in [-0.05, 0) is 36.6 Å².